The summed E-state index contributed by atoms with van der Waals surface area (Å²) in [4.78, 5) is 10.7. The van der Waals surface area contributed by atoms with Gasteiger partial charge in [0.1, 0.15) is 0 Å². The summed E-state index contributed by atoms with van der Waals surface area (Å²) in [5.41, 5.74) is 5.39. The van der Waals surface area contributed by atoms with E-state index >= 15 is 0 Å². The van der Waals surface area contributed by atoms with Crippen LogP contribution in [0.25, 0.3) is 0 Å². The Balaban J connectivity index is 2.47. The molecule has 2 atom stereocenters. The standard InChI is InChI=1S/C6H12N2O/c1-4-5(3-7)2-6(9)8-4/h4-5H,2-3,7H2,1H3,(H,8,9)/t4-,5-/m1/s1. The average Bonchev–Trinajstić information content (AvgIpc) is 2.10. The van der Waals surface area contributed by atoms with Crippen LogP contribution in [0.3, 0.4) is 0 Å². The molecular formula is C6H12N2O. The van der Waals surface area contributed by atoms with Gasteiger partial charge in [-0.2, -0.15) is 0 Å². The number of rotatable bonds is 1. The summed E-state index contributed by atoms with van der Waals surface area (Å²) < 4.78 is 0. The molecule has 0 radical (unpaired) electrons. The summed E-state index contributed by atoms with van der Waals surface area (Å²) in [6, 6.07) is 0.280. The molecule has 1 aliphatic heterocycles. The van der Waals surface area contributed by atoms with Gasteiger partial charge in [-0.25, -0.2) is 0 Å². The topological polar surface area (TPSA) is 55.1 Å². The van der Waals surface area contributed by atoms with Crippen LogP contribution in [-0.2, 0) is 4.79 Å². The van der Waals surface area contributed by atoms with E-state index in [-0.39, 0.29) is 11.9 Å². The second-order valence-corrected chi connectivity index (χ2v) is 2.56. The van der Waals surface area contributed by atoms with Crippen molar-refractivity contribution < 1.29 is 4.79 Å². The Hall–Kier alpha value is -0.570. The molecule has 1 fully saturated rings. The van der Waals surface area contributed by atoms with Gasteiger partial charge in [-0.3, -0.25) is 4.79 Å². The molecule has 0 bridgehead atoms. The van der Waals surface area contributed by atoms with Crippen LogP contribution >= 0.6 is 0 Å². The molecule has 1 heterocycles. The van der Waals surface area contributed by atoms with Crippen LogP contribution in [0.1, 0.15) is 13.3 Å². The van der Waals surface area contributed by atoms with E-state index in [1.165, 1.54) is 0 Å². The minimum absolute atomic E-state index is 0.137. The average molecular weight is 128 g/mol. The van der Waals surface area contributed by atoms with Gasteiger partial charge in [0.2, 0.25) is 5.91 Å². The fourth-order valence-electron chi connectivity index (χ4n) is 1.13. The largest absolute Gasteiger partial charge is 0.353 e. The number of hydrogen-bond donors (Lipinski definition) is 2. The normalized spacial score (nSPS) is 34.7. The van der Waals surface area contributed by atoms with Gasteiger partial charge in [-0.1, -0.05) is 0 Å². The maximum Gasteiger partial charge on any atom is 0.220 e. The first-order valence-electron chi connectivity index (χ1n) is 3.23. The highest BCUT2D eigenvalue weighted by Crippen LogP contribution is 2.13. The quantitative estimate of drug-likeness (QED) is 0.498. The van der Waals surface area contributed by atoms with Crippen molar-refractivity contribution in [2.45, 2.75) is 19.4 Å². The molecule has 1 saturated heterocycles. The van der Waals surface area contributed by atoms with Crippen LogP contribution in [0.2, 0.25) is 0 Å². The van der Waals surface area contributed by atoms with E-state index in [2.05, 4.69) is 5.32 Å². The fourth-order valence-corrected chi connectivity index (χ4v) is 1.13. The Morgan fingerprint density at radius 2 is 2.56 bits per heavy atom. The molecule has 0 spiro atoms. The van der Waals surface area contributed by atoms with Crippen LogP contribution in [0.15, 0.2) is 0 Å². The van der Waals surface area contributed by atoms with Gasteiger partial charge in [0.25, 0.3) is 0 Å². The summed E-state index contributed by atoms with van der Waals surface area (Å²) in [7, 11) is 0. The summed E-state index contributed by atoms with van der Waals surface area (Å²) in [5.74, 6) is 0.496. The van der Waals surface area contributed by atoms with Crippen molar-refractivity contribution in [2.75, 3.05) is 6.54 Å². The predicted octanol–water partition coefficient (Wildman–Crippen LogP) is -0.530. The lowest BCUT2D eigenvalue weighted by molar-refractivity contribution is -0.119. The molecule has 0 unspecified atom stereocenters. The molecule has 0 aromatic rings. The van der Waals surface area contributed by atoms with Crippen LogP contribution in [-0.4, -0.2) is 18.5 Å². The van der Waals surface area contributed by atoms with Crippen molar-refractivity contribution >= 4 is 5.91 Å². The van der Waals surface area contributed by atoms with Crippen LogP contribution in [0.5, 0.6) is 0 Å². The monoisotopic (exact) mass is 128 g/mol. The SMILES string of the molecule is C[C@H]1NC(=O)C[C@@H]1CN. The van der Waals surface area contributed by atoms with Gasteiger partial charge in [-0.15, -0.1) is 0 Å². The number of nitrogens with one attached hydrogen (secondary N) is 1. The first-order chi connectivity index (χ1) is 4.24. The van der Waals surface area contributed by atoms with Crippen LogP contribution < -0.4 is 11.1 Å². The third-order valence-electron chi connectivity index (χ3n) is 1.85. The Bertz CT molecular complexity index is 124. The van der Waals surface area contributed by atoms with E-state index in [9.17, 15) is 4.79 Å². The Kier molecular flexibility index (Phi) is 1.71. The highest BCUT2D eigenvalue weighted by Gasteiger charge is 2.26. The summed E-state index contributed by atoms with van der Waals surface area (Å²) in [5, 5.41) is 2.80. The zero-order chi connectivity index (χ0) is 6.85. The molecular weight excluding hydrogens is 116 g/mol. The third-order valence-corrected chi connectivity index (χ3v) is 1.85. The van der Waals surface area contributed by atoms with Crippen molar-refractivity contribution in [3.8, 4) is 0 Å². The molecule has 1 rings (SSSR count). The Morgan fingerprint density at radius 3 is 2.78 bits per heavy atom. The summed E-state index contributed by atoms with van der Waals surface area (Å²) >= 11 is 0. The highest BCUT2D eigenvalue weighted by molar-refractivity contribution is 5.78. The third kappa shape index (κ3) is 1.21. The molecule has 3 nitrogen and oxygen atoms in total. The van der Waals surface area contributed by atoms with Crippen molar-refractivity contribution in [3.63, 3.8) is 0 Å². The van der Waals surface area contributed by atoms with Gasteiger partial charge in [0.15, 0.2) is 0 Å². The number of carbonyl (C=O) groups is 1. The zero-order valence-electron chi connectivity index (χ0n) is 5.55. The minimum Gasteiger partial charge on any atom is -0.353 e. The molecule has 9 heavy (non-hydrogen) atoms. The molecule has 0 aromatic carbocycles. The molecule has 52 valence electrons. The maximum absolute atomic E-state index is 10.7. The lowest BCUT2D eigenvalue weighted by atomic mass is 10.0. The molecule has 1 amide bonds. The Morgan fingerprint density at radius 1 is 1.89 bits per heavy atom. The van der Waals surface area contributed by atoms with E-state index < -0.39 is 0 Å². The van der Waals surface area contributed by atoms with Gasteiger partial charge >= 0.3 is 0 Å². The lowest BCUT2D eigenvalue weighted by Gasteiger charge is -2.09. The van der Waals surface area contributed by atoms with E-state index in [1.54, 1.807) is 0 Å². The summed E-state index contributed by atoms with van der Waals surface area (Å²) in [6.07, 6.45) is 0.609. The molecule has 3 N–H and O–H groups in total. The van der Waals surface area contributed by atoms with Gasteiger partial charge in [-0.05, 0) is 19.4 Å². The summed E-state index contributed by atoms with van der Waals surface area (Å²) in [6.45, 7) is 2.60. The number of carbonyl (C=O) groups excluding carboxylic acids is 1. The second kappa shape index (κ2) is 2.35. The predicted molar refractivity (Wildman–Crippen MR) is 34.8 cm³/mol. The van der Waals surface area contributed by atoms with Crippen molar-refractivity contribution in [1.82, 2.24) is 5.32 Å². The van der Waals surface area contributed by atoms with Crippen LogP contribution in [0, 0.1) is 5.92 Å². The zero-order valence-corrected chi connectivity index (χ0v) is 5.55. The second-order valence-electron chi connectivity index (χ2n) is 2.56. The van der Waals surface area contributed by atoms with E-state index in [0.717, 1.165) is 0 Å². The van der Waals surface area contributed by atoms with E-state index in [4.69, 9.17) is 5.73 Å². The lowest BCUT2D eigenvalue weighted by Crippen LogP contribution is -2.28. The first-order valence-corrected chi connectivity index (χ1v) is 3.23. The number of hydrogen-bond acceptors (Lipinski definition) is 2. The molecule has 3 heteroatoms. The minimum atomic E-state index is 0.137. The fraction of sp³-hybridized carbons (Fsp3) is 0.833. The molecule has 0 saturated carbocycles. The number of amides is 1. The Labute approximate surface area is 54.6 Å². The van der Waals surface area contributed by atoms with E-state index in [0.29, 0.717) is 18.9 Å². The molecule has 1 aliphatic rings. The van der Waals surface area contributed by atoms with Gasteiger partial charge in [0.05, 0.1) is 0 Å². The smallest absolute Gasteiger partial charge is 0.220 e. The molecule has 0 aliphatic carbocycles. The van der Waals surface area contributed by atoms with Gasteiger partial charge < -0.3 is 11.1 Å². The van der Waals surface area contributed by atoms with Crippen molar-refractivity contribution in [2.24, 2.45) is 11.7 Å². The first kappa shape index (κ1) is 6.55. The van der Waals surface area contributed by atoms with Crippen molar-refractivity contribution in [1.29, 1.82) is 0 Å². The van der Waals surface area contributed by atoms with Crippen molar-refractivity contribution in [3.05, 3.63) is 0 Å². The number of nitrogens with two attached hydrogens (primary N) is 1. The highest BCUT2D eigenvalue weighted by atomic mass is 16.1. The van der Waals surface area contributed by atoms with Crippen LogP contribution in [0.4, 0.5) is 0 Å². The van der Waals surface area contributed by atoms with Gasteiger partial charge in [0, 0.05) is 12.5 Å². The maximum atomic E-state index is 10.7. The molecule has 0 aromatic heterocycles. The van der Waals surface area contributed by atoms with E-state index in [1.807, 2.05) is 6.92 Å².